The van der Waals surface area contributed by atoms with Crippen LogP contribution >= 0.6 is 11.3 Å². The lowest BCUT2D eigenvalue weighted by atomic mass is 9.72. The van der Waals surface area contributed by atoms with E-state index in [1.165, 1.54) is 4.70 Å². The van der Waals surface area contributed by atoms with Crippen LogP contribution in [0.4, 0.5) is 5.82 Å². The first kappa shape index (κ1) is 17.4. The van der Waals surface area contributed by atoms with Crippen molar-refractivity contribution >= 4 is 33.3 Å². The van der Waals surface area contributed by atoms with Crippen LogP contribution in [0.2, 0.25) is 0 Å². The summed E-state index contributed by atoms with van der Waals surface area (Å²) in [6, 6.07) is 2.06. The lowest BCUT2D eigenvalue weighted by Gasteiger charge is -2.48. The van der Waals surface area contributed by atoms with Crippen LogP contribution in [0.5, 0.6) is 0 Å². The second-order valence-corrected chi connectivity index (χ2v) is 9.14. The summed E-state index contributed by atoms with van der Waals surface area (Å²) in [4.78, 5) is 25.9. The Kier molecular flexibility index (Phi) is 4.52. The minimum absolute atomic E-state index is 0.248. The minimum atomic E-state index is 0.248. The molecule has 3 saturated heterocycles. The number of nitrogens with zero attached hydrogens (tertiary/aromatic N) is 4. The third-order valence-electron chi connectivity index (χ3n) is 6.54. The summed E-state index contributed by atoms with van der Waals surface area (Å²) in [5.74, 6) is 1.39. The predicted octanol–water partition coefficient (Wildman–Crippen LogP) is 3.08. The SMILES string of the molecule is O=C1CCC2(CCN(c3ncnc4ccsc34)CC2)CN1C[C@H]1CCCO1. The van der Waals surface area contributed by atoms with Gasteiger partial charge in [0, 0.05) is 39.2 Å². The summed E-state index contributed by atoms with van der Waals surface area (Å²) in [6.07, 6.45) is 8.11. The van der Waals surface area contributed by atoms with Gasteiger partial charge < -0.3 is 14.5 Å². The number of hydrogen-bond donors (Lipinski definition) is 0. The highest BCUT2D eigenvalue weighted by Crippen LogP contribution is 2.42. The molecular weight excluding hydrogens is 360 g/mol. The number of hydrogen-bond acceptors (Lipinski definition) is 6. The third-order valence-corrected chi connectivity index (χ3v) is 7.44. The Hall–Kier alpha value is -1.73. The van der Waals surface area contributed by atoms with Crippen LogP contribution in [0.3, 0.4) is 0 Å². The largest absolute Gasteiger partial charge is 0.376 e. The molecule has 0 saturated carbocycles. The van der Waals surface area contributed by atoms with Crippen LogP contribution in [0.15, 0.2) is 17.8 Å². The predicted molar refractivity (Wildman–Crippen MR) is 106 cm³/mol. The molecule has 27 heavy (non-hydrogen) atoms. The zero-order chi connectivity index (χ0) is 18.3. The van der Waals surface area contributed by atoms with Gasteiger partial charge in [-0.1, -0.05) is 0 Å². The molecule has 1 atom stereocenters. The van der Waals surface area contributed by atoms with Gasteiger partial charge in [-0.15, -0.1) is 11.3 Å². The van der Waals surface area contributed by atoms with Crippen molar-refractivity contribution in [2.75, 3.05) is 37.7 Å². The summed E-state index contributed by atoms with van der Waals surface area (Å²) in [7, 11) is 0. The van der Waals surface area contributed by atoms with Crippen molar-refractivity contribution in [2.45, 2.75) is 44.6 Å². The van der Waals surface area contributed by atoms with E-state index in [1.807, 2.05) is 0 Å². The molecule has 0 aliphatic carbocycles. The first-order chi connectivity index (χ1) is 13.2. The highest BCUT2D eigenvalue weighted by molar-refractivity contribution is 7.17. The monoisotopic (exact) mass is 386 g/mol. The van der Waals surface area contributed by atoms with Gasteiger partial charge in [-0.25, -0.2) is 9.97 Å². The number of carbonyl (C=O) groups is 1. The van der Waals surface area contributed by atoms with E-state index in [1.54, 1.807) is 17.7 Å². The van der Waals surface area contributed by atoms with Crippen molar-refractivity contribution < 1.29 is 9.53 Å². The van der Waals surface area contributed by atoms with Crippen LogP contribution in [0.25, 0.3) is 10.2 Å². The molecule has 2 aromatic rings. The molecule has 144 valence electrons. The van der Waals surface area contributed by atoms with Gasteiger partial charge in [-0.05, 0) is 49.0 Å². The zero-order valence-electron chi connectivity index (χ0n) is 15.6. The molecule has 0 radical (unpaired) electrons. The molecule has 1 amide bonds. The van der Waals surface area contributed by atoms with Crippen LogP contribution < -0.4 is 4.90 Å². The molecule has 7 heteroatoms. The molecule has 1 spiro atoms. The number of carbonyl (C=O) groups excluding carboxylic acids is 1. The van der Waals surface area contributed by atoms with Crippen molar-refractivity contribution in [3.8, 4) is 0 Å². The second kappa shape index (κ2) is 7.02. The van der Waals surface area contributed by atoms with Crippen molar-refractivity contribution in [3.05, 3.63) is 17.8 Å². The topological polar surface area (TPSA) is 58.6 Å². The van der Waals surface area contributed by atoms with E-state index in [0.717, 1.165) is 76.2 Å². The molecule has 6 nitrogen and oxygen atoms in total. The van der Waals surface area contributed by atoms with Crippen molar-refractivity contribution in [1.82, 2.24) is 14.9 Å². The lowest BCUT2D eigenvalue weighted by Crippen LogP contribution is -2.53. The Bertz CT molecular complexity index is 824. The number of likely N-dealkylation sites (tertiary alicyclic amines) is 1. The fraction of sp³-hybridized carbons (Fsp3) is 0.650. The third kappa shape index (κ3) is 3.31. The molecule has 3 fully saturated rings. The molecule has 5 rings (SSSR count). The van der Waals surface area contributed by atoms with E-state index in [4.69, 9.17) is 4.74 Å². The quantitative estimate of drug-likeness (QED) is 0.811. The van der Waals surface area contributed by atoms with E-state index in [0.29, 0.717) is 12.3 Å². The Labute approximate surface area is 163 Å². The Balaban J connectivity index is 1.27. The number of anilines is 1. The number of amides is 1. The van der Waals surface area contributed by atoms with Crippen molar-refractivity contribution in [1.29, 1.82) is 0 Å². The fourth-order valence-corrected chi connectivity index (χ4v) is 5.77. The van der Waals surface area contributed by atoms with Gasteiger partial charge in [-0.3, -0.25) is 4.79 Å². The maximum atomic E-state index is 12.5. The molecule has 0 bridgehead atoms. The maximum absolute atomic E-state index is 12.5. The Morgan fingerprint density at radius 2 is 2.15 bits per heavy atom. The van der Waals surface area contributed by atoms with E-state index in [9.17, 15) is 4.79 Å². The van der Waals surface area contributed by atoms with E-state index in [-0.39, 0.29) is 11.5 Å². The number of rotatable bonds is 3. The Morgan fingerprint density at radius 3 is 2.96 bits per heavy atom. The average Bonchev–Trinajstić information content (AvgIpc) is 3.37. The highest BCUT2D eigenvalue weighted by Gasteiger charge is 2.42. The number of thiophene rings is 1. The molecule has 0 N–H and O–H groups in total. The molecule has 5 heterocycles. The lowest BCUT2D eigenvalue weighted by molar-refractivity contribution is -0.140. The van der Waals surface area contributed by atoms with Gasteiger partial charge in [0.25, 0.3) is 0 Å². The molecule has 3 aliphatic heterocycles. The number of aromatic nitrogens is 2. The zero-order valence-corrected chi connectivity index (χ0v) is 16.4. The first-order valence-electron chi connectivity index (χ1n) is 10.1. The number of fused-ring (bicyclic) bond motifs is 1. The molecule has 0 aromatic carbocycles. The van der Waals surface area contributed by atoms with Crippen molar-refractivity contribution in [2.24, 2.45) is 5.41 Å². The van der Waals surface area contributed by atoms with Gasteiger partial charge >= 0.3 is 0 Å². The summed E-state index contributed by atoms with van der Waals surface area (Å²) in [5, 5.41) is 2.09. The van der Waals surface area contributed by atoms with Gasteiger partial charge in [0.2, 0.25) is 5.91 Å². The smallest absolute Gasteiger partial charge is 0.222 e. The van der Waals surface area contributed by atoms with E-state index < -0.39 is 0 Å². The normalized spacial score (nSPS) is 25.6. The van der Waals surface area contributed by atoms with Gasteiger partial charge in [0.1, 0.15) is 12.1 Å². The number of ether oxygens (including phenoxy) is 1. The van der Waals surface area contributed by atoms with Crippen LogP contribution in [-0.2, 0) is 9.53 Å². The first-order valence-corrected chi connectivity index (χ1v) is 10.9. The summed E-state index contributed by atoms with van der Waals surface area (Å²) in [5.41, 5.74) is 1.31. The highest BCUT2D eigenvalue weighted by atomic mass is 32.1. The number of piperidine rings is 2. The van der Waals surface area contributed by atoms with E-state index in [2.05, 4.69) is 31.2 Å². The van der Waals surface area contributed by atoms with Gasteiger partial charge in [0.05, 0.1) is 16.3 Å². The summed E-state index contributed by atoms with van der Waals surface area (Å²) < 4.78 is 6.96. The Morgan fingerprint density at radius 1 is 1.26 bits per heavy atom. The molecule has 0 unspecified atom stereocenters. The molecule has 2 aromatic heterocycles. The fourth-order valence-electron chi connectivity index (χ4n) is 4.90. The standard InChI is InChI=1S/C20H26N4O2S/c25-17-3-5-20(13-24(17)12-15-2-1-10-26-15)6-8-23(9-7-20)19-18-16(4-11-27-18)21-14-22-19/h4,11,14-15H,1-3,5-10,12-13H2/t15-/m1/s1. The summed E-state index contributed by atoms with van der Waals surface area (Å²) >= 11 is 1.72. The van der Waals surface area contributed by atoms with Gasteiger partial charge in [-0.2, -0.15) is 0 Å². The van der Waals surface area contributed by atoms with E-state index >= 15 is 0 Å². The average molecular weight is 387 g/mol. The molecule has 3 aliphatic rings. The van der Waals surface area contributed by atoms with Crippen LogP contribution in [0.1, 0.15) is 38.5 Å². The van der Waals surface area contributed by atoms with Gasteiger partial charge in [0.15, 0.2) is 0 Å². The van der Waals surface area contributed by atoms with Crippen molar-refractivity contribution in [3.63, 3.8) is 0 Å². The second-order valence-electron chi connectivity index (χ2n) is 8.23. The summed E-state index contributed by atoms with van der Waals surface area (Å²) in [6.45, 7) is 4.55. The molecular formula is C20H26N4O2S. The maximum Gasteiger partial charge on any atom is 0.222 e. The minimum Gasteiger partial charge on any atom is -0.376 e. The van der Waals surface area contributed by atoms with Crippen LogP contribution in [-0.4, -0.2) is 59.7 Å². The van der Waals surface area contributed by atoms with Crippen LogP contribution in [0, 0.1) is 5.41 Å².